The van der Waals surface area contributed by atoms with Crippen molar-refractivity contribution in [2.75, 3.05) is 5.73 Å². The van der Waals surface area contributed by atoms with E-state index >= 15 is 0 Å². The summed E-state index contributed by atoms with van der Waals surface area (Å²) in [5.41, 5.74) is 5.62. The van der Waals surface area contributed by atoms with Crippen LogP contribution in [-0.4, -0.2) is 21.6 Å². The summed E-state index contributed by atoms with van der Waals surface area (Å²) in [6.45, 7) is 5.58. The molecule has 0 fully saturated rings. The van der Waals surface area contributed by atoms with Crippen molar-refractivity contribution in [1.82, 2.24) is 4.90 Å². The highest BCUT2D eigenvalue weighted by molar-refractivity contribution is 5.66. The van der Waals surface area contributed by atoms with Gasteiger partial charge in [-0.05, 0) is 38.5 Å². The number of amides is 1. The lowest BCUT2D eigenvalue weighted by Gasteiger charge is -2.33. The Kier molecular flexibility index (Phi) is 3.60. The molecule has 94 valence electrons. The third kappa shape index (κ3) is 3.34. The van der Waals surface area contributed by atoms with Gasteiger partial charge in [-0.2, -0.15) is 0 Å². The Labute approximate surface area is 99.8 Å². The highest BCUT2D eigenvalue weighted by Crippen LogP contribution is 2.19. The van der Waals surface area contributed by atoms with E-state index in [0.717, 1.165) is 0 Å². The van der Waals surface area contributed by atoms with Gasteiger partial charge in [-0.15, -0.1) is 0 Å². The molecule has 0 aliphatic rings. The van der Waals surface area contributed by atoms with Crippen molar-refractivity contribution in [3.8, 4) is 0 Å². The summed E-state index contributed by atoms with van der Waals surface area (Å²) in [7, 11) is 0. The second-order valence-corrected chi connectivity index (χ2v) is 4.90. The first kappa shape index (κ1) is 13.3. The van der Waals surface area contributed by atoms with Crippen LogP contribution in [-0.2, 0) is 6.54 Å². The first-order valence-electron chi connectivity index (χ1n) is 5.26. The van der Waals surface area contributed by atoms with Crippen molar-refractivity contribution in [1.29, 1.82) is 0 Å². The number of halogens is 1. The molecule has 0 aliphatic heterocycles. The Morgan fingerprint density at radius 2 is 2.06 bits per heavy atom. The zero-order valence-electron chi connectivity index (χ0n) is 10.2. The fourth-order valence-electron chi connectivity index (χ4n) is 1.47. The van der Waals surface area contributed by atoms with Crippen molar-refractivity contribution in [3.63, 3.8) is 0 Å². The van der Waals surface area contributed by atoms with E-state index in [-0.39, 0.29) is 12.2 Å². The molecule has 5 heteroatoms. The molecule has 0 saturated heterocycles. The molecule has 1 rings (SSSR count). The summed E-state index contributed by atoms with van der Waals surface area (Å²) in [6, 6.07) is 4.23. The third-order valence-corrected chi connectivity index (χ3v) is 2.44. The molecule has 3 N–H and O–H groups in total. The predicted molar refractivity (Wildman–Crippen MR) is 64.1 cm³/mol. The van der Waals surface area contributed by atoms with Crippen LogP contribution in [0.4, 0.5) is 14.9 Å². The van der Waals surface area contributed by atoms with Gasteiger partial charge in [0.2, 0.25) is 0 Å². The molecular formula is C12H17FN2O2. The summed E-state index contributed by atoms with van der Waals surface area (Å²) < 4.78 is 13.0. The molecule has 0 aliphatic carbocycles. The second-order valence-electron chi connectivity index (χ2n) is 4.90. The fourth-order valence-corrected chi connectivity index (χ4v) is 1.47. The summed E-state index contributed by atoms with van der Waals surface area (Å²) in [4.78, 5) is 12.4. The largest absolute Gasteiger partial charge is 0.465 e. The SMILES string of the molecule is CC(C)(C)N(Cc1ccc(F)c(N)c1)C(=O)O. The number of nitrogens with zero attached hydrogens (tertiary/aromatic N) is 1. The van der Waals surface area contributed by atoms with Crippen LogP contribution in [0, 0.1) is 5.82 Å². The zero-order valence-corrected chi connectivity index (χ0v) is 10.2. The molecule has 0 heterocycles. The molecule has 0 bridgehead atoms. The standard InChI is InChI=1S/C12H17FN2O2/c1-12(2,3)15(11(16)17)7-8-4-5-9(13)10(14)6-8/h4-6H,7,14H2,1-3H3,(H,16,17). The molecule has 0 saturated carbocycles. The molecule has 0 spiro atoms. The smallest absolute Gasteiger partial charge is 0.408 e. The van der Waals surface area contributed by atoms with Crippen molar-refractivity contribution in [3.05, 3.63) is 29.6 Å². The Morgan fingerprint density at radius 3 is 2.47 bits per heavy atom. The van der Waals surface area contributed by atoms with E-state index in [1.807, 2.05) is 0 Å². The van der Waals surface area contributed by atoms with Crippen molar-refractivity contribution in [2.45, 2.75) is 32.9 Å². The summed E-state index contributed by atoms with van der Waals surface area (Å²) in [5.74, 6) is -0.494. The highest BCUT2D eigenvalue weighted by atomic mass is 19.1. The Balaban J connectivity index is 2.95. The lowest BCUT2D eigenvalue weighted by atomic mass is 10.1. The van der Waals surface area contributed by atoms with Gasteiger partial charge >= 0.3 is 6.09 Å². The number of nitrogen functional groups attached to an aromatic ring is 1. The zero-order chi connectivity index (χ0) is 13.2. The molecular weight excluding hydrogens is 223 g/mol. The van der Waals surface area contributed by atoms with Crippen LogP contribution in [0.5, 0.6) is 0 Å². The number of hydrogen-bond acceptors (Lipinski definition) is 2. The van der Waals surface area contributed by atoms with Gasteiger partial charge in [0.1, 0.15) is 5.82 Å². The van der Waals surface area contributed by atoms with E-state index in [9.17, 15) is 9.18 Å². The monoisotopic (exact) mass is 240 g/mol. The minimum Gasteiger partial charge on any atom is -0.465 e. The topological polar surface area (TPSA) is 66.6 Å². The van der Waals surface area contributed by atoms with Crippen LogP contribution >= 0.6 is 0 Å². The van der Waals surface area contributed by atoms with Crippen molar-refractivity contribution in [2.24, 2.45) is 0 Å². The van der Waals surface area contributed by atoms with Gasteiger partial charge in [0, 0.05) is 12.1 Å². The van der Waals surface area contributed by atoms with Gasteiger partial charge in [-0.3, -0.25) is 4.90 Å². The van der Waals surface area contributed by atoms with E-state index in [1.165, 1.54) is 23.1 Å². The summed E-state index contributed by atoms with van der Waals surface area (Å²) in [6.07, 6.45) is -1.01. The highest BCUT2D eigenvalue weighted by Gasteiger charge is 2.26. The van der Waals surface area contributed by atoms with E-state index in [2.05, 4.69) is 0 Å². The van der Waals surface area contributed by atoms with Gasteiger partial charge in [-0.1, -0.05) is 6.07 Å². The molecule has 0 radical (unpaired) electrons. The molecule has 1 aromatic rings. The Hall–Kier alpha value is -1.78. The van der Waals surface area contributed by atoms with Gasteiger partial charge in [0.05, 0.1) is 5.69 Å². The minimum absolute atomic E-state index is 0.0294. The van der Waals surface area contributed by atoms with Crippen LogP contribution in [0.1, 0.15) is 26.3 Å². The molecule has 1 amide bonds. The van der Waals surface area contributed by atoms with Crippen molar-refractivity contribution >= 4 is 11.8 Å². The molecule has 0 unspecified atom stereocenters. The van der Waals surface area contributed by atoms with Gasteiger partial charge in [0.25, 0.3) is 0 Å². The molecule has 17 heavy (non-hydrogen) atoms. The number of carboxylic acid groups (broad SMARTS) is 1. The van der Waals surface area contributed by atoms with E-state index in [1.54, 1.807) is 20.8 Å². The quantitative estimate of drug-likeness (QED) is 0.781. The van der Waals surface area contributed by atoms with Gasteiger partial charge in [-0.25, -0.2) is 9.18 Å². The maximum absolute atomic E-state index is 13.0. The molecule has 0 aromatic heterocycles. The average molecular weight is 240 g/mol. The Morgan fingerprint density at radius 1 is 1.47 bits per heavy atom. The predicted octanol–water partition coefficient (Wildman–Crippen LogP) is 2.69. The number of nitrogens with two attached hydrogens (primary N) is 1. The summed E-state index contributed by atoms with van der Waals surface area (Å²) >= 11 is 0. The molecule has 0 atom stereocenters. The normalized spacial score (nSPS) is 11.3. The van der Waals surface area contributed by atoms with Crippen molar-refractivity contribution < 1.29 is 14.3 Å². The number of rotatable bonds is 2. The lowest BCUT2D eigenvalue weighted by molar-refractivity contribution is 0.0955. The number of hydrogen-bond donors (Lipinski definition) is 2. The molecule has 4 nitrogen and oxygen atoms in total. The van der Waals surface area contributed by atoms with Crippen LogP contribution in [0.2, 0.25) is 0 Å². The Bertz CT molecular complexity index is 427. The van der Waals surface area contributed by atoms with Crippen LogP contribution in [0.3, 0.4) is 0 Å². The van der Waals surface area contributed by atoms with E-state index < -0.39 is 17.4 Å². The molecule has 1 aromatic carbocycles. The van der Waals surface area contributed by atoms with E-state index in [4.69, 9.17) is 10.8 Å². The first-order valence-corrected chi connectivity index (χ1v) is 5.26. The van der Waals surface area contributed by atoms with Crippen LogP contribution < -0.4 is 5.73 Å². The number of anilines is 1. The minimum atomic E-state index is -1.01. The number of benzene rings is 1. The van der Waals surface area contributed by atoms with Gasteiger partial charge in [0.15, 0.2) is 0 Å². The summed E-state index contributed by atoms with van der Waals surface area (Å²) in [5, 5.41) is 9.11. The third-order valence-electron chi connectivity index (χ3n) is 2.44. The first-order chi connectivity index (χ1) is 7.71. The fraction of sp³-hybridized carbons (Fsp3) is 0.417. The number of carbonyl (C=O) groups is 1. The maximum atomic E-state index is 13.0. The lowest BCUT2D eigenvalue weighted by Crippen LogP contribution is -2.44. The van der Waals surface area contributed by atoms with E-state index in [0.29, 0.717) is 5.56 Å². The van der Waals surface area contributed by atoms with Crippen LogP contribution in [0.25, 0.3) is 0 Å². The second kappa shape index (κ2) is 4.61. The maximum Gasteiger partial charge on any atom is 0.408 e. The van der Waals surface area contributed by atoms with Gasteiger partial charge < -0.3 is 10.8 Å². The average Bonchev–Trinajstić information content (AvgIpc) is 2.17. The van der Waals surface area contributed by atoms with Crippen LogP contribution in [0.15, 0.2) is 18.2 Å².